The van der Waals surface area contributed by atoms with E-state index in [1.807, 2.05) is 13.8 Å². The van der Waals surface area contributed by atoms with Crippen molar-refractivity contribution in [3.05, 3.63) is 0 Å². The molecule has 1 heterocycles. The molecule has 128 valence electrons. The fourth-order valence-electron chi connectivity index (χ4n) is 2.08. The summed E-state index contributed by atoms with van der Waals surface area (Å²) in [5, 5.41) is 6.69. The van der Waals surface area contributed by atoms with Gasteiger partial charge < -0.3 is 20.1 Å². The maximum Gasteiger partial charge on any atom is 0.0826 e. The molecule has 1 aliphatic rings. The maximum absolute atomic E-state index is 5.76. The molecule has 0 spiro atoms. The van der Waals surface area contributed by atoms with Crippen LogP contribution < -0.4 is 10.6 Å². The molecule has 2 N–H and O–H groups in total. The Morgan fingerprint density at radius 2 is 2.10 bits per heavy atom. The summed E-state index contributed by atoms with van der Waals surface area (Å²) in [5.41, 5.74) is 0. The molecule has 0 aliphatic carbocycles. The first kappa shape index (κ1) is 21.2. The van der Waals surface area contributed by atoms with E-state index in [9.17, 15) is 0 Å². The molecular weight excluding hydrogens is 285 g/mol. The van der Waals surface area contributed by atoms with Gasteiger partial charge in [-0.2, -0.15) is 0 Å². The Balaban J connectivity index is 0.00000191. The van der Waals surface area contributed by atoms with E-state index in [-0.39, 0.29) is 0 Å². The Morgan fingerprint density at radius 1 is 1.29 bits per heavy atom. The lowest BCUT2D eigenvalue weighted by Crippen LogP contribution is -2.47. The van der Waals surface area contributed by atoms with E-state index in [4.69, 9.17) is 9.47 Å². The third-order valence-electron chi connectivity index (χ3n) is 3.12. The summed E-state index contributed by atoms with van der Waals surface area (Å²) in [6.07, 6.45) is 1.44. The summed E-state index contributed by atoms with van der Waals surface area (Å²) in [6, 6.07) is 0. The van der Waals surface area contributed by atoms with Gasteiger partial charge in [-0.1, -0.05) is 20.8 Å². The second-order valence-corrected chi connectivity index (χ2v) is 5.80. The Kier molecular flexibility index (Phi) is 16.8. The highest BCUT2D eigenvalue weighted by atomic mass is 31.1. The number of hydrogen-bond acceptors (Lipinski definition) is 5. The van der Waals surface area contributed by atoms with Gasteiger partial charge in [0.25, 0.3) is 0 Å². The van der Waals surface area contributed by atoms with Crippen molar-refractivity contribution in [1.82, 2.24) is 15.5 Å². The topological polar surface area (TPSA) is 45.8 Å². The van der Waals surface area contributed by atoms with E-state index < -0.39 is 0 Å². The van der Waals surface area contributed by atoms with Crippen molar-refractivity contribution in [2.45, 2.75) is 26.9 Å². The van der Waals surface area contributed by atoms with E-state index >= 15 is 0 Å². The largest absolute Gasteiger partial charge is 0.379 e. The average Bonchev–Trinajstić information content (AvgIpc) is 2.53. The zero-order valence-corrected chi connectivity index (χ0v) is 15.4. The van der Waals surface area contributed by atoms with Gasteiger partial charge in [0.05, 0.1) is 25.9 Å². The standard InChI is InChI=1S/C13H30N3O2P.C2H6/c1-3-14-4-7-17-8-5-16-6-9-18-13(11-16)10-15-12-19-2;1-2/h13-15,19H,3-12H2,1-2H3;1-2H3. The van der Waals surface area contributed by atoms with E-state index in [0.29, 0.717) is 6.10 Å². The normalized spacial score (nSPS) is 19.7. The lowest BCUT2D eigenvalue weighted by Gasteiger charge is -2.33. The van der Waals surface area contributed by atoms with Crippen LogP contribution in [-0.2, 0) is 9.47 Å². The molecule has 2 unspecified atom stereocenters. The predicted octanol–water partition coefficient (Wildman–Crippen LogP) is 1.19. The number of ether oxygens (including phenoxy) is 2. The van der Waals surface area contributed by atoms with Crippen molar-refractivity contribution in [3.63, 3.8) is 0 Å². The van der Waals surface area contributed by atoms with Gasteiger partial charge in [0, 0.05) is 39.0 Å². The number of nitrogens with zero attached hydrogens (tertiary/aromatic N) is 1. The van der Waals surface area contributed by atoms with Crippen molar-refractivity contribution in [3.8, 4) is 0 Å². The summed E-state index contributed by atoms with van der Waals surface area (Å²) in [4.78, 5) is 2.44. The van der Waals surface area contributed by atoms with Crippen LogP contribution in [0.2, 0.25) is 0 Å². The van der Waals surface area contributed by atoms with Crippen molar-refractivity contribution in [1.29, 1.82) is 0 Å². The van der Waals surface area contributed by atoms with Crippen LogP contribution in [0.1, 0.15) is 20.8 Å². The van der Waals surface area contributed by atoms with Crippen LogP contribution in [-0.4, -0.2) is 83.0 Å². The number of morpholine rings is 1. The molecule has 0 amide bonds. The van der Waals surface area contributed by atoms with Crippen LogP contribution in [0.5, 0.6) is 0 Å². The number of hydrogen-bond donors (Lipinski definition) is 2. The third-order valence-corrected chi connectivity index (χ3v) is 3.73. The highest BCUT2D eigenvalue weighted by molar-refractivity contribution is 7.36. The molecule has 0 saturated carbocycles. The van der Waals surface area contributed by atoms with Crippen molar-refractivity contribution >= 4 is 8.58 Å². The first-order chi connectivity index (χ1) is 10.4. The van der Waals surface area contributed by atoms with Gasteiger partial charge in [0.15, 0.2) is 0 Å². The van der Waals surface area contributed by atoms with Crippen LogP contribution in [0.3, 0.4) is 0 Å². The minimum atomic E-state index is 0.340. The highest BCUT2D eigenvalue weighted by Gasteiger charge is 2.19. The molecule has 0 aromatic heterocycles. The van der Waals surface area contributed by atoms with Crippen LogP contribution >= 0.6 is 8.58 Å². The zero-order valence-electron chi connectivity index (χ0n) is 14.4. The van der Waals surface area contributed by atoms with Crippen molar-refractivity contribution in [2.75, 3.05) is 72.0 Å². The average molecular weight is 321 g/mol. The number of rotatable bonds is 11. The second kappa shape index (κ2) is 16.6. The van der Waals surface area contributed by atoms with Gasteiger partial charge in [-0.25, -0.2) is 0 Å². The lowest BCUT2D eigenvalue weighted by molar-refractivity contribution is -0.0341. The van der Waals surface area contributed by atoms with Crippen LogP contribution in [0.25, 0.3) is 0 Å². The summed E-state index contributed by atoms with van der Waals surface area (Å²) in [7, 11) is 0.966. The van der Waals surface area contributed by atoms with E-state index in [2.05, 4.69) is 29.1 Å². The highest BCUT2D eigenvalue weighted by Crippen LogP contribution is 2.05. The number of nitrogens with one attached hydrogen (secondary N) is 2. The predicted molar refractivity (Wildman–Crippen MR) is 94.0 cm³/mol. The minimum Gasteiger partial charge on any atom is -0.379 e. The molecule has 0 bridgehead atoms. The van der Waals surface area contributed by atoms with Crippen LogP contribution in [0.15, 0.2) is 0 Å². The van der Waals surface area contributed by atoms with Gasteiger partial charge in [-0.15, -0.1) is 8.58 Å². The summed E-state index contributed by atoms with van der Waals surface area (Å²) >= 11 is 0. The maximum atomic E-state index is 5.76. The number of likely N-dealkylation sites (N-methyl/N-ethyl adjacent to an activating group) is 1. The Bertz CT molecular complexity index is 211. The van der Waals surface area contributed by atoms with Crippen molar-refractivity contribution in [2.24, 2.45) is 0 Å². The molecule has 1 saturated heterocycles. The van der Waals surface area contributed by atoms with Gasteiger partial charge in [-0.3, -0.25) is 4.90 Å². The van der Waals surface area contributed by atoms with E-state index in [1.54, 1.807) is 0 Å². The molecule has 6 heteroatoms. The molecule has 1 rings (SSSR count). The summed E-state index contributed by atoms with van der Waals surface area (Å²) in [5.74, 6) is 0. The van der Waals surface area contributed by atoms with Gasteiger partial charge in [0.1, 0.15) is 0 Å². The fourth-order valence-corrected chi connectivity index (χ4v) is 2.48. The first-order valence-electron chi connectivity index (χ1n) is 8.34. The van der Waals surface area contributed by atoms with Gasteiger partial charge >= 0.3 is 0 Å². The van der Waals surface area contributed by atoms with Crippen molar-refractivity contribution < 1.29 is 9.47 Å². The molecule has 0 aromatic carbocycles. The van der Waals surface area contributed by atoms with Crippen LogP contribution in [0, 0.1) is 0 Å². The zero-order chi connectivity index (χ0) is 15.8. The monoisotopic (exact) mass is 321 g/mol. The fraction of sp³-hybridized carbons (Fsp3) is 1.00. The summed E-state index contributed by atoms with van der Waals surface area (Å²) in [6.45, 7) is 16.8. The molecule has 1 aliphatic heterocycles. The summed E-state index contributed by atoms with van der Waals surface area (Å²) < 4.78 is 11.4. The Labute approximate surface area is 133 Å². The molecule has 5 nitrogen and oxygen atoms in total. The van der Waals surface area contributed by atoms with E-state index in [1.165, 1.54) is 0 Å². The minimum absolute atomic E-state index is 0.340. The Morgan fingerprint density at radius 3 is 2.81 bits per heavy atom. The molecule has 0 radical (unpaired) electrons. The third kappa shape index (κ3) is 12.5. The Hall–Kier alpha value is 0.230. The molecule has 2 atom stereocenters. The second-order valence-electron chi connectivity index (χ2n) is 4.74. The quantitative estimate of drug-likeness (QED) is 0.442. The van der Waals surface area contributed by atoms with Gasteiger partial charge in [-0.05, 0) is 13.2 Å². The van der Waals surface area contributed by atoms with Crippen LogP contribution in [0.4, 0.5) is 0 Å². The first-order valence-corrected chi connectivity index (χ1v) is 10.0. The molecule has 21 heavy (non-hydrogen) atoms. The lowest BCUT2D eigenvalue weighted by atomic mass is 10.2. The van der Waals surface area contributed by atoms with E-state index in [0.717, 1.165) is 74.0 Å². The molecule has 0 aromatic rings. The van der Waals surface area contributed by atoms with Gasteiger partial charge in [0.2, 0.25) is 0 Å². The smallest absolute Gasteiger partial charge is 0.0826 e. The molecule has 1 fully saturated rings. The molecular formula is C15H36N3O2P. The SMILES string of the molecule is CC.CCNCCOCCN1CCOC(CNCPC)C1.